The molecule has 10 heteroatoms. The molecule has 25 heavy (non-hydrogen) atoms. The number of aromatic nitrogens is 3. The molecule has 0 saturated carbocycles. The fourth-order valence-corrected chi connectivity index (χ4v) is 3.79. The Morgan fingerprint density at radius 1 is 1.44 bits per heavy atom. The molecule has 0 aliphatic carbocycles. The second-order valence-corrected chi connectivity index (χ2v) is 7.74. The van der Waals surface area contributed by atoms with Crippen molar-refractivity contribution in [3.8, 4) is 11.4 Å². The van der Waals surface area contributed by atoms with E-state index in [1.165, 1.54) is 0 Å². The van der Waals surface area contributed by atoms with E-state index in [0.29, 0.717) is 37.6 Å². The van der Waals surface area contributed by atoms with Crippen molar-refractivity contribution in [3.05, 3.63) is 30.4 Å². The van der Waals surface area contributed by atoms with Gasteiger partial charge in [-0.2, -0.15) is 4.98 Å². The molecule has 2 N–H and O–H groups in total. The van der Waals surface area contributed by atoms with Crippen LogP contribution < -0.4 is 5.14 Å². The lowest BCUT2D eigenvalue weighted by atomic mass is 10.2. The highest BCUT2D eigenvalue weighted by Gasteiger charge is 2.28. The molecule has 3 heterocycles. The lowest BCUT2D eigenvalue weighted by molar-refractivity contribution is -0.130. The lowest BCUT2D eigenvalue weighted by Crippen LogP contribution is -2.31. The number of carbonyl (C=O) groups is 1. The molecule has 2 aromatic heterocycles. The second kappa shape index (κ2) is 7.28. The predicted octanol–water partition coefficient (Wildman–Crippen LogP) is 0.201. The number of carbonyl (C=O) groups excluding carboxylic acids is 1. The fraction of sp³-hybridized carbons (Fsp3) is 0.467. The normalized spacial score (nSPS) is 17.8. The third kappa shape index (κ3) is 4.83. The Morgan fingerprint density at radius 3 is 3.00 bits per heavy atom. The highest BCUT2D eigenvalue weighted by atomic mass is 32.2. The van der Waals surface area contributed by atoms with E-state index in [2.05, 4.69) is 15.1 Å². The van der Waals surface area contributed by atoms with Gasteiger partial charge in [0.1, 0.15) is 0 Å². The molecule has 1 amide bonds. The van der Waals surface area contributed by atoms with Crippen LogP contribution in [0, 0.1) is 5.92 Å². The predicted molar refractivity (Wildman–Crippen MR) is 88.5 cm³/mol. The maximum Gasteiger partial charge on any atom is 0.227 e. The molecule has 0 spiro atoms. The van der Waals surface area contributed by atoms with E-state index in [9.17, 15) is 13.2 Å². The zero-order chi connectivity index (χ0) is 17.9. The van der Waals surface area contributed by atoms with E-state index in [0.717, 1.165) is 5.56 Å². The van der Waals surface area contributed by atoms with E-state index < -0.39 is 10.0 Å². The van der Waals surface area contributed by atoms with Crippen LogP contribution in [-0.2, 0) is 21.2 Å². The van der Waals surface area contributed by atoms with Crippen molar-refractivity contribution < 1.29 is 17.7 Å². The molecule has 1 aliphatic rings. The second-order valence-electron chi connectivity index (χ2n) is 6.08. The molecule has 1 atom stereocenters. The summed E-state index contributed by atoms with van der Waals surface area (Å²) in [6, 6.07) is 3.60. The van der Waals surface area contributed by atoms with Gasteiger partial charge < -0.3 is 9.42 Å². The van der Waals surface area contributed by atoms with Crippen LogP contribution in [0.1, 0.15) is 18.7 Å². The van der Waals surface area contributed by atoms with Gasteiger partial charge in [-0.1, -0.05) is 5.16 Å². The summed E-state index contributed by atoms with van der Waals surface area (Å²) in [5.74, 6) is 0.574. The Balaban J connectivity index is 1.51. The Bertz CT molecular complexity index is 837. The van der Waals surface area contributed by atoms with Crippen LogP contribution in [-0.4, -0.2) is 53.2 Å². The minimum absolute atomic E-state index is 0.0574. The standard InChI is InChI=1S/C15H19N5O4S/c16-25(22,23)10-11-5-7-20(9-11)14(21)4-3-13-18-15(19-24-13)12-2-1-6-17-8-12/h1-2,6,8,11H,3-5,7,9-10H2,(H2,16,22,23). The van der Waals surface area contributed by atoms with Crippen LogP contribution in [0.5, 0.6) is 0 Å². The first-order valence-corrected chi connectivity index (χ1v) is 9.63. The maximum atomic E-state index is 12.3. The molecule has 134 valence electrons. The highest BCUT2D eigenvalue weighted by Crippen LogP contribution is 2.19. The Hall–Kier alpha value is -2.33. The van der Waals surface area contributed by atoms with E-state index >= 15 is 0 Å². The summed E-state index contributed by atoms with van der Waals surface area (Å²) in [5.41, 5.74) is 0.745. The summed E-state index contributed by atoms with van der Waals surface area (Å²) < 4.78 is 27.4. The van der Waals surface area contributed by atoms with Crippen molar-refractivity contribution in [2.24, 2.45) is 11.1 Å². The number of nitrogens with two attached hydrogens (primary N) is 1. The zero-order valence-electron chi connectivity index (χ0n) is 13.5. The number of aryl methyl sites for hydroxylation is 1. The minimum Gasteiger partial charge on any atom is -0.342 e. The van der Waals surface area contributed by atoms with E-state index in [4.69, 9.17) is 9.66 Å². The number of primary sulfonamides is 1. The van der Waals surface area contributed by atoms with Crippen LogP contribution in [0.25, 0.3) is 11.4 Å². The highest BCUT2D eigenvalue weighted by molar-refractivity contribution is 7.89. The van der Waals surface area contributed by atoms with Gasteiger partial charge >= 0.3 is 0 Å². The SMILES string of the molecule is NS(=O)(=O)CC1CCN(C(=O)CCc2nc(-c3cccnc3)no2)C1. The van der Waals surface area contributed by atoms with Crippen molar-refractivity contribution in [1.82, 2.24) is 20.0 Å². The van der Waals surface area contributed by atoms with Gasteiger partial charge in [-0.25, -0.2) is 13.6 Å². The summed E-state index contributed by atoms with van der Waals surface area (Å²) in [6.45, 7) is 0.962. The summed E-state index contributed by atoms with van der Waals surface area (Å²) >= 11 is 0. The summed E-state index contributed by atoms with van der Waals surface area (Å²) in [6.07, 6.45) is 4.51. The van der Waals surface area contributed by atoms with Gasteiger partial charge in [0.25, 0.3) is 0 Å². The van der Waals surface area contributed by atoms with Gasteiger partial charge in [-0.15, -0.1) is 0 Å². The smallest absolute Gasteiger partial charge is 0.227 e. The third-order valence-corrected chi connectivity index (χ3v) is 4.98. The molecular weight excluding hydrogens is 346 g/mol. The van der Waals surface area contributed by atoms with Gasteiger partial charge in [0, 0.05) is 43.9 Å². The van der Waals surface area contributed by atoms with E-state index in [1.54, 1.807) is 23.4 Å². The first-order valence-electron chi connectivity index (χ1n) is 7.92. The molecule has 0 aromatic carbocycles. The van der Waals surface area contributed by atoms with Gasteiger partial charge in [-0.3, -0.25) is 9.78 Å². The lowest BCUT2D eigenvalue weighted by Gasteiger charge is -2.15. The Kier molecular flexibility index (Phi) is 5.09. The number of pyridine rings is 1. The molecule has 1 fully saturated rings. The van der Waals surface area contributed by atoms with Crippen molar-refractivity contribution in [3.63, 3.8) is 0 Å². The van der Waals surface area contributed by atoms with Crippen LogP contribution in [0.4, 0.5) is 0 Å². The quantitative estimate of drug-likeness (QED) is 0.773. The monoisotopic (exact) mass is 365 g/mol. The number of amides is 1. The summed E-state index contributed by atoms with van der Waals surface area (Å²) in [5, 5.41) is 8.94. The number of hydrogen-bond donors (Lipinski definition) is 1. The molecule has 3 rings (SSSR count). The number of sulfonamides is 1. The van der Waals surface area contributed by atoms with Gasteiger partial charge in [-0.05, 0) is 24.5 Å². The third-order valence-electron chi connectivity index (χ3n) is 4.05. The molecule has 1 unspecified atom stereocenters. The number of hydrogen-bond acceptors (Lipinski definition) is 7. The molecule has 2 aromatic rings. The average Bonchev–Trinajstić information content (AvgIpc) is 3.21. The van der Waals surface area contributed by atoms with Crippen LogP contribution in [0.15, 0.2) is 29.0 Å². The zero-order valence-corrected chi connectivity index (χ0v) is 14.4. The summed E-state index contributed by atoms with van der Waals surface area (Å²) in [7, 11) is -3.51. The number of nitrogens with zero attached hydrogens (tertiary/aromatic N) is 4. The van der Waals surface area contributed by atoms with Crippen molar-refractivity contribution >= 4 is 15.9 Å². The fourth-order valence-electron chi connectivity index (χ4n) is 2.86. The largest absolute Gasteiger partial charge is 0.342 e. The topological polar surface area (TPSA) is 132 Å². The van der Waals surface area contributed by atoms with Crippen molar-refractivity contribution in [1.29, 1.82) is 0 Å². The summed E-state index contributed by atoms with van der Waals surface area (Å²) in [4.78, 5) is 22.2. The molecule has 0 radical (unpaired) electrons. The van der Waals surface area contributed by atoms with Gasteiger partial charge in [0.15, 0.2) is 0 Å². The van der Waals surface area contributed by atoms with E-state index in [1.807, 2.05) is 6.07 Å². The Labute approximate surface area is 145 Å². The molecular formula is C15H19N5O4S. The molecule has 1 aliphatic heterocycles. The molecule has 9 nitrogen and oxygen atoms in total. The van der Waals surface area contributed by atoms with Gasteiger partial charge in [0.05, 0.1) is 5.75 Å². The Morgan fingerprint density at radius 2 is 2.28 bits per heavy atom. The van der Waals surface area contributed by atoms with Crippen LogP contribution in [0.3, 0.4) is 0 Å². The average molecular weight is 365 g/mol. The number of rotatable bonds is 6. The number of likely N-dealkylation sites (tertiary alicyclic amines) is 1. The van der Waals surface area contributed by atoms with Crippen molar-refractivity contribution in [2.75, 3.05) is 18.8 Å². The van der Waals surface area contributed by atoms with Crippen LogP contribution >= 0.6 is 0 Å². The van der Waals surface area contributed by atoms with E-state index in [-0.39, 0.29) is 24.0 Å². The first kappa shape index (κ1) is 17.5. The molecule has 1 saturated heterocycles. The van der Waals surface area contributed by atoms with Crippen molar-refractivity contribution in [2.45, 2.75) is 19.3 Å². The minimum atomic E-state index is -3.51. The molecule has 0 bridgehead atoms. The van der Waals surface area contributed by atoms with Crippen LogP contribution in [0.2, 0.25) is 0 Å². The first-order chi connectivity index (χ1) is 11.9. The maximum absolute atomic E-state index is 12.3. The van der Waals surface area contributed by atoms with Gasteiger partial charge in [0.2, 0.25) is 27.6 Å².